The van der Waals surface area contributed by atoms with E-state index in [9.17, 15) is 4.79 Å². The van der Waals surface area contributed by atoms with E-state index in [4.69, 9.17) is 9.84 Å². The van der Waals surface area contributed by atoms with E-state index in [0.717, 1.165) is 57.4 Å². The second-order valence-electron chi connectivity index (χ2n) is 9.76. The average Bonchev–Trinajstić information content (AvgIpc) is 3.55. The summed E-state index contributed by atoms with van der Waals surface area (Å²) in [4.78, 5) is 16.0. The maximum Gasteiger partial charge on any atom is 0.322 e. The highest BCUT2D eigenvalue weighted by molar-refractivity contribution is 5.90. The number of ether oxygens (including phenoxy) is 1. The second kappa shape index (κ2) is 10.2. The minimum atomic E-state index is -0.336. The van der Waals surface area contributed by atoms with Crippen LogP contribution in [-0.4, -0.2) is 32.4 Å². The number of methoxy groups -OCH3 is 1. The summed E-state index contributed by atoms with van der Waals surface area (Å²) in [6.45, 7) is 4.53. The number of amides is 2. The highest BCUT2D eigenvalue weighted by Crippen LogP contribution is 2.39. The SMILES string of the molecule is CCc1nn(-c2ccccc2)c2c1CN(C(=O)Nc1cccc(C)c1)C(c1ccc(OC)cc1)c1cccn1-2. The molecule has 1 atom stereocenters. The third-order valence-corrected chi connectivity index (χ3v) is 7.27. The van der Waals surface area contributed by atoms with Crippen LogP contribution in [0.15, 0.2) is 97.2 Å². The summed E-state index contributed by atoms with van der Waals surface area (Å²) in [5, 5.41) is 8.19. The van der Waals surface area contributed by atoms with Crippen molar-refractivity contribution in [3.05, 3.63) is 125 Å². The van der Waals surface area contributed by atoms with Crippen LogP contribution < -0.4 is 10.1 Å². The minimum Gasteiger partial charge on any atom is -0.497 e. The molecule has 0 saturated carbocycles. The predicted molar refractivity (Wildman–Crippen MR) is 153 cm³/mol. The number of carbonyl (C=O) groups is 1. The summed E-state index contributed by atoms with van der Waals surface area (Å²) in [7, 11) is 1.66. The maximum atomic E-state index is 14.1. The molecule has 0 bridgehead atoms. The number of hydrogen-bond donors (Lipinski definition) is 1. The molecule has 1 N–H and O–H groups in total. The summed E-state index contributed by atoms with van der Waals surface area (Å²) < 4.78 is 9.61. The van der Waals surface area contributed by atoms with E-state index >= 15 is 0 Å². The number of hydrogen-bond acceptors (Lipinski definition) is 3. The molecule has 2 amide bonds. The Hall–Kier alpha value is -4.78. The van der Waals surface area contributed by atoms with Crippen molar-refractivity contribution in [2.45, 2.75) is 32.9 Å². The van der Waals surface area contributed by atoms with Gasteiger partial charge in [0.2, 0.25) is 0 Å². The average molecular weight is 518 g/mol. The highest BCUT2D eigenvalue weighted by Gasteiger charge is 2.36. The quantitative estimate of drug-likeness (QED) is 0.283. The molecule has 0 radical (unpaired) electrons. The van der Waals surface area contributed by atoms with Gasteiger partial charge < -0.3 is 19.5 Å². The monoisotopic (exact) mass is 517 g/mol. The number of carbonyl (C=O) groups excluding carboxylic acids is 1. The lowest BCUT2D eigenvalue weighted by Crippen LogP contribution is -2.38. The fraction of sp³-hybridized carbons (Fsp3) is 0.188. The van der Waals surface area contributed by atoms with Crippen LogP contribution in [0.25, 0.3) is 11.5 Å². The van der Waals surface area contributed by atoms with Crippen LogP contribution in [-0.2, 0) is 13.0 Å². The Bertz CT molecular complexity index is 1620. The van der Waals surface area contributed by atoms with Crippen LogP contribution in [0.4, 0.5) is 10.5 Å². The lowest BCUT2D eigenvalue weighted by Gasteiger charge is -2.31. The molecule has 0 aliphatic carbocycles. The molecule has 6 rings (SSSR count). The van der Waals surface area contributed by atoms with Gasteiger partial charge in [0, 0.05) is 17.4 Å². The van der Waals surface area contributed by atoms with E-state index in [1.165, 1.54) is 0 Å². The molecule has 5 aromatic rings. The summed E-state index contributed by atoms with van der Waals surface area (Å²) in [6, 6.07) is 29.6. The molecule has 0 fully saturated rings. The zero-order valence-electron chi connectivity index (χ0n) is 22.3. The first kappa shape index (κ1) is 24.6. The zero-order valence-corrected chi connectivity index (χ0v) is 22.3. The van der Waals surface area contributed by atoms with Crippen molar-refractivity contribution in [3.63, 3.8) is 0 Å². The van der Waals surface area contributed by atoms with Gasteiger partial charge in [-0.3, -0.25) is 0 Å². The number of fused-ring (bicyclic) bond motifs is 3. The number of anilines is 1. The van der Waals surface area contributed by atoms with Gasteiger partial charge >= 0.3 is 6.03 Å². The van der Waals surface area contributed by atoms with Crippen molar-refractivity contribution in [1.29, 1.82) is 0 Å². The highest BCUT2D eigenvalue weighted by atomic mass is 16.5. The molecule has 0 saturated heterocycles. The van der Waals surface area contributed by atoms with Gasteiger partial charge in [-0.05, 0) is 73.0 Å². The Morgan fingerprint density at radius 2 is 1.79 bits per heavy atom. The fourth-order valence-corrected chi connectivity index (χ4v) is 5.40. The molecule has 1 aliphatic heterocycles. The van der Waals surface area contributed by atoms with Crippen LogP contribution in [0.2, 0.25) is 0 Å². The van der Waals surface area contributed by atoms with Gasteiger partial charge in [-0.15, -0.1) is 0 Å². The molecule has 196 valence electrons. The molecule has 0 spiro atoms. The third-order valence-electron chi connectivity index (χ3n) is 7.27. The first-order valence-corrected chi connectivity index (χ1v) is 13.2. The van der Waals surface area contributed by atoms with Gasteiger partial charge in [0.05, 0.1) is 36.8 Å². The number of para-hydroxylation sites is 1. The third kappa shape index (κ3) is 4.46. The molecule has 3 aromatic carbocycles. The number of nitrogens with zero attached hydrogens (tertiary/aromatic N) is 4. The Morgan fingerprint density at radius 3 is 2.51 bits per heavy atom. The number of nitrogens with one attached hydrogen (secondary N) is 1. The standard InChI is InChI=1S/C32H31N5O2/c1-4-28-27-21-36(32(38)33-24-11-8-10-22(2)20-24)30(23-15-17-26(39-3)18-16-23)29-14-9-19-35(29)31(27)37(34-28)25-12-6-5-7-13-25/h5-20,30H,4,21H2,1-3H3,(H,33,38). The van der Waals surface area contributed by atoms with Gasteiger partial charge in [-0.2, -0.15) is 5.10 Å². The molecule has 3 heterocycles. The van der Waals surface area contributed by atoms with Crippen molar-refractivity contribution in [2.24, 2.45) is 0 Å². The van der Waals surface area contributed by atoms with E-state index in [-0.39, 0.29) is 12.1 Å². The first-order chi connectivity index (χ1) is 19.1. The van der Waals surface area contributed by atoms with Crippen molar-refractivity contribution in [2.75, 3.05) is 12.4 Å². The minimum absolute atomic E-state index is 0.170. The zero-order chi connectivity index (χ0) is 26.9. The largest absolute Gasteiger partial charge is 0.497 e. The normalized spacial score (nSPS) is 14.3. The predicted octanol–water partition coefficient (Wildman–Crippen LogP) is 6.68. The smallest absolute Gasteiger partial charge is 0.322 e. The lowest BCUT2D eigenvalue weighted by molar-refractivity contribution is 0.194. The van der Waals surface area contributed by atoms with Crippen molar-refractivity contribution < 1.29 is 9.53 Å². The van der Waals surface area contributed by atoms with Crippen LogP contribution in [0.3, 0.4) is 0 Å². The van der Waals surface area contributed by atoms with Gasteiger partial charge in [0.15, 0.2) is 0 Å². The van der Waals surface area contributed by atoms with Crippen LogP contribution in [0.5, 0.6) is 5.75 Å². The molecule has 1 aliphatic rings. The number of urea groups is 1. The maximum absolute atomic E-state index is 14.1. The summed E-state index contributed by atoms with van der Waals surface area (Å²) >= 11 is 0. The number of aromatic nitrogens is 3. The molecule has 39 heavy (non-hydrogen) atoms. The van der Waals surface area contributed by atoms with Gasteiger partial charge in [-0.1, -0.05) is 49.4 Å². The fourth-order valence-electron chi connectivity index (χ4n) is 5.40. The Labute approximate surface area is 228 Å². The van der Waals surface area contributed by atoms with Crippen molar-refractivity contribution in [3.8, 4) is 17.3 Å². The number of aryl methyl sites for hydroxylation is 2. The molecule has 1 unspecified atom stereocenters. The Kier molecular flexibility index (Phi) is 6.40. The molecule has 7 heteroatoms. The molecular weight excluding hydrogens is 486 g/mol. The lowest BCUT2D eigenvalue weighted by atomic mass is 10.0. The van der Waals surface area contributed by atoms with Crippen LogP contribution in [0.1, 0.15) is 41.0 Å². The Morgan fingerprint density at radius 1 is 1.00 bits per heavy atom. The van der Waals surface area contributed by atoms with E-state index in [1.807, 2.05) is 89.3 Å². The van der Waals surface area contributed by atoms with Gasteiger partial charge in [0.1, 0.15) is 11.6 Å². The van der Waals surface area contributed by atoms with Gasteiger partial charge in [-0.25, -0.2) is 9.48 Å². The number of rotatable bonds is 5. The van der Waals surface area contributed by atoms with E-state index in [0.29, 0.717) is 6.54 Å². The van der Waals surface area contributed by atoms with Crippen LogP contribution >= 0.6 is 0 Å². The summed E-state index contributed by atoms with van der Waals surface area (Å²) in [6.07, 6.45) is 2.81. The van der Waals surface area contributed by atoms with E-state index in [1.54, 1.807) is 7.11 Å². The van der Waals surface area contributed by atoms with Crippen molar-refractivity contribution in [1.82, 2.24) is 19.2 Å². The summed E-state index contributed by atoms with van der Waals surface area (Å²) in [5.74, 6) is 1.73. The molecule has 2 aromatic heterocycles. The van der Waals surface area contributed by atoms with E-state index < -0.39 is 0 Å². The number of benzene rings is 3. The molecular formula is C32H31N5O2. The van der Waals surface area contributed by atoms with Crippen LogP contribution in [0, 0.1) is 6.92 Å². The Balaban J connectivity index is 1.54. The van der Waals surface area contributed by atoms with E-state index in [2.05, 4.69) is 41.2 Å². The van der Waals surface area contributed by atoms with Gasteiger partial charge in [0.25, 0.3) is 0 Å². The topological polar surface area (TPSA) is 64.3 Å². The second-order valence-corrected chi connectivity index (χ2v) is 9.76. The van der Waals surface area contributed by atoms with Crippen molar-refractivity contribution >= 4 is 11.7 Å². The first-order valence-electron chi connectivity index (χ1n) is 13.2. The molecule has 7 nitrogen and oxygen atoms in total. The summed E-state index contributed by atoms with van der Waals surface area (Å²) in [5.41, 5.74) is 6.82.